The first kappa shape index (κ1) is 13.0. The Labute approximate surface area is 112 Å². The molecule has 0 atom stereocenters. The van der Waals surface area contributed by atoms with Gasteiger partial charge in [0.2, 0.25) is 0 Å². The maximum atomic E-state index is 12.1. The number of hydrogen-bond donors (Lipinski definition) is 2. The van der Waals surface area contributed by atoms with Gasteiger partial charge in [-0.25, -0.2) is 4.79 Å². The molecule has 98 valence electrons. The van der Waals surface area contributed by atoms with E-state index in [0.717, 1.165) is 11.5 Å². The summed E-state index contributed by atoms with van der Waals surface area (Å²) in [5.41, 5.74) is 6.49. The lowest BCUT2D eigenvalue weighted by Crippen LogP contribution is -2.26. The summed E-state index contributed by atoms with van der Waals surface area (Å²) in [6.45, 7) is 0. The first-order valence-electron chi connectivity index (χ1n) is 5.19. The van der Waals surface area contributed by atoms with E-state index in [9.17, 15) is 9.59 Å². The highest BCUT2D eigenvalue weighted by atomic mass is 32.1. The highest BCUT2D eigenvalue weighted by molar-refractivity contribution is 7.07. The van der Waals surface area contributed by atoms with Gasteiger partial charge in [-0.2, -0.15) is 0 Å². The number of amides is 1. The van der Waals surface area contributed by atoms with E-state index in [1.54, 1.807) is 7.05 Å². The lowest BCUT2D eigenvalue weighted by Gasteiger charge is -2.18. The number of aromatic carboxylic acids is 1. The second kappa shape index (κ2) is 5.02. The number of nitrogen functional groups attached to an aromatic ring is 1. The zero-order valence-corrected chi connectivity index (χ0v) is 10.7. The third-order valence-electron chi connectivity index (χ3n) is 2.51. The van der Waals surface area contributed by atoms with Crippen molar-refractivity contribution in [3.8, 4) is 0 Å². The van der Waals surface area contributed by atoms with Crippen molar-refractivity contribution in [1.29, 1.82) is 0 Å². The predicted octanol–water partition coefficient (Wildman–Crippen LogP) is 1.10. The molecule has 0 fully saturated rings. The van der Waals surface area contributed by atoms with Crippen LogP contribution in [-0.2, 0) is 0 Å². The highest BCUT2D eigenvalue weighted by Crippen LogP contribution is 2.25. The molecule has 0 bridgehead atoms. The van der Waals surface area contributed by atoms with E-state index in [-0.39, 0.29) is 17.2 Å². The van der Waals surface area contributed by atoms with Crippen molar-refractivity contribution in [1.82, 2.24) is 9.59 Å². The Kier molecular flexibility index (Phi) is 3.43. The second-order valence-corrected chi connectivity index (χ2v) is 4.51. The minimum absolute atomic E-state index is 0.0709. The number of carboxylic acid groups (broad SMARTS) is 1. The minimum atomic E-state index is -1.07. The topological polar surface area (TPSA) is 109 Å². The number of rotatable bonds is 3. The normalized spacial score (nSPS) is 10.2. The van der Waals surface area contributed by atoms with Gasteiger partial charge in [0.15, 0.2) is 0 Å². The molecule has 2 rings (SSSR count). The third-order valence-corrected chi connectivity index (χ3v) is 3.17. The van der Waals surface area contributed by atoms with Crippen LogP contribution in [0.5, 0.6) is 0 Å². The predicted molar refractivity (Wildman–Crippen MR) is 70.5 cm³/mol. The van der Waals surface area contributed by atoms with Gasteiger partial charge in [0.05, 0.1) is 23.1 Å². The number of nitrogens with zero attached hydrogens (tertiary/aromatic N) is 3. The SMILES string of the molecule is CN(C(=O)c1cnns1)c1ccc(C(=O)O)cc1N. The molecule has 0 saturated carbocycles. The molecular formula is C11H10N4O3S. The molecule has 3 N–H and O–H groups in total. The third kappa shape index (κ3) is 2.52. The summed E-state index contributed by atoms with van der Waals surface area (Å²) in [6.07, 6.45) is 1.37. The van der Waals surface area contributed by atoms with Gasteiger partial charge in [-0.05, 0) is 29.7 Å². The summed E-state index contributed by atoms with van der Waals surface area (Å²) in [4.78, 5) is 24.6. The van der Waals surface area contributed by atoms with Gasteiger partial charge in [-0.3, -0.25) is 4.79 Å². The Balaban J connectivity index is 2.32. The largest absolute Gasteiger partial charge is 0.478 e. The molecule has 0 radical (unpaired) electrons. The van der Waals surface area contributed by atoms with Crippen molar-refractivity contribution in [2.75, 3.05) is 17.7 Å². The average molecular weight is 278 g/mol. The maximum Gasteiger partial charge on any atom is 0.335 e. The van der Waals surface area contributed by atoms with E-state index >= 15 is 0 Å². The van der Waals surface area contributed by atoms with E-state index in [1.807, 2.05) is 0 Å². The Hall–Kier alpha value is -2.48. The maximum absolute atomic E-state index is 12.1. The zero-order chi connectivity index (χ0) is 14.0. The first-order chi connectivity index (χ1) is 9.00. The summed E-state index contributed by atoms with van der Waals surface area (Å²) in [6, 6.07) is 4.19. The molecule has 2 aromatic rings. The fraction of sp³-hybridized carbons (Fsp3) is 0.0909. The highest BCUT2D eigenvalue weighted by Gasteiger charge is 2.18. The van der Waals surface area contributed by atoms with E-state index in [2.05, 4.69) is 9.59 Å². The number of nitrogens with two attached hydrogens (primary N) is 1. The van der Waals surface area contributed by atoms with E-state index in [4.69, 9.17) is 10.8 Å². The van der Waals surface area contributed by atoms with Crippen molar-refractivity contribution in [2.24, 2.45) is 0 Å². The van der Waals surface area contributed by atoms with Gasteiger partial charge >= 0.3 is 5.97 Å². The Morgan fingerprint density at radius 1 is 1.42 bits per heavy atom. The van der Waals surface area contributed by atoms with Crippen LogP contribution in [0.1, 0.15) is 20.0 Å². The van der Waals surface area contributed by atoms with Gasteiger partial charge in [0.25, 0.3) is 5.91 Å². The lowest BCUT2D eigenvalue weighted by atomic mass is 10.1. The molecule has 1 amide bonds. The van der Waals surface area contributed by atoms with E-state index < -0.39 is 5.97 Å². The standard InChI is InChI=1S/C11H10N4O3S/c1-15(10(16)9-5-13-14-19-9)8-3-2-6(11(17)18)4-7(8)12/h2-5H,12H2,1H3,(H,17,18). The van der Waals surface area contributed by atoms with Crippen molar-refractivity contribution < 1.29 is 14.7 Å². The van der Waals surface area contributed by atoms with Crippen molar-refractivity contribution in [3.05, 3.63) is 34.8 Å². The van der Waals surface area contributed by atoms with Crippen LogP contribution in [-0.4, -0.2) is 33.6 Å². The smallest absolute Gasteiger partial charge is 0.335 e. The Morgan fingerprint density at radius 2 is 2.16 bits per heavy atom. The average Bonchev–Trinajstić information content (AvgIpc) is 2.90. The van der Waals surface area contributed by atoms with Crippen LogP contribution in [0, 0.1) is 0 Å². The molecule has 0 unspecified atom stereocenters. The number of carbonyl (C=O) groups excluding carboxylic acids is 1. The number of hydrogen-bond acceptors (Lipinski definition) is 6. The molecule has 0 aliphatic heterocycles. The Morgan fingerprint density at radius 3 is 2.68 bits per heavy atom. The van der Waals surface area contributed by atoms with Gasteiger partial charge in [-0.15, -0.1) is 5.10 Å². The van der Waals surface area contributed by atoms with Crippen molar-refractivity contribution in [2.45, 2.75) is 0 Å². The fourth-order valence-corrected chi connectivity index (χ4v) is 2.02. The summed E-state index contributed by atoms with van der Waals surface area (Å²) in [5.74, 6) is -1.37. The molecule has 8 heteroatoms. The number of aromatic nitrogens is 2. The molecule has 1 heterocycles. The molecule has 0 spiro atoms. The second-order valence-electron chi connectivity index (χ2n) is 3.72. The summed E-state index contributed by atoms with van der Waals surface area (Å²) in [5, 5.41) is 12.4. The van der Waals surface area contributed by atoms with Crippen molar-refractivity contribution in [3.63, 3.8) is 0 Å². The zero-order valence-electron chi connectivity index (χ0n) is 9.90. The summed E-state index contributed by atoms with van der Waals surface area (Å²) in [7, 11) is 1.55. The van der Waals surface area contributed by atoms with Crippen LogP contribution in [0.4, 0.5) is 11.4 Å². The number of carboxylic acids is 1. The molecule has 0 aliphatic carbocycles. The number of carbonyl (C=O) groups is 2. The van der Waals surface area contributed by atoms with Crippen LogP contribution in [0.3, 0.4) is 0 Å². The molecular weight excluding hydrogens is 268 g/mol. The first-order valence-corrected chi connectivity index (χ1v) is 5.96. The molecule has 1 aromatic heterocycles. The summed E-state index contributed by atoms with van der Waals surface area (Å²) >= 11 is 0.981. The Bertz CT molecular complexity index is 627. The molecule has 19 heavy (non-hydrogen) atoms. The van der Waals surface area contributed by atoms with Gasteiger partial charge in [-0.1, -0.05) is 4.49 Å². The molecule has 1 aromatic carbocycles. The van der Waals surface area contributed by atoms with Crippen LogP contribution >= 0.6 is 11.5 Å². The molecule has 7 nitrogen and oxygen atoms in total. The minimum Gasteiger partial charge on any atom is -0.478 e. The van der Waals surface area contributed by atoms with Crippen LogP contribution in [0.15, 0.2) is 24.4 Å². The monoisotopic (exact) mass is 278 g/mol. The van der Waals surface area contributed by atoms with Crippen LogP contribution in [0.25, 0.3) is 0 Å². The van der Waals surface area contributed by atoms with Crippen LogP contribution in [0.2, 0.25) is 0 Å². The number of anilines is 2. The quantitative estimate of drug-likeness (QED) is 0.813. The van der Waals surface area contributed by atoms with Gasteiger partial charge in [0, 0.05) is 7.05 Å². The lowest BCUT2D eigenvalue weighted by molar-refractivity contribution is 0.0697. The van der Waals surface area contributed by atoms with Crippen molar-refractivity contribution >= 4 is 34.8 Å². The van der Waals surface area contributed by atoms with Crippen LogP contribution < -0.4 is 10.6 Å². The van der Waals surface area contributed by atoms with E-state index in [0.29, 0.717) is 10.6 Å². The number of benzene rings is 1. The molecule has 0 saturated heterocycles. The summed E-state index contributed by atoms with van der Waals surface area (Å²) < 4.78 is 3.61. The van der Waals surface area contributed by atoms with Gasteiger partial charge < -0.3 is 15.7 Å². The molecule has 0 aliphatic rings. The van der Waals surface area contributed by atoms with Gasteiger partial charge in [0.1, 0.15) is 4.88 Å². The van der Waals surface area contributed by atoms with E-state index in [1.165, 1.54) is 29.3 Å². The fourth-order valence-electron chi connectivity index (χ4n) is 1.53.